The van der Waals surface area contributed by atoms with E-state index in [4.69, 9.17) is 18.9 Å². The van der Waals surface area contributed by atoms with Gasteiger partial charge < -0.3 is 75.1 Å². The van der Waals surface area contributed by atoms with E-state index in [1.165, 1.54) is 0 Å². The molecule has 0 amide bonds. The number of hydrogen-bond donors (Lipinski definition) is 11. The highest BCUT2D eigenvalue weighted by molar-refractivity contribution is 5.79. The maximum absolute atomic E-state index is 14.6. The number of ether oxygens (including phenoxy) is 4. The van der Waals surface area contributed by atoms with Crippen molar-refractivity contribution in [2.75, 3.05) is 19.8 Å². The van der Waals surface area contributed by atoms with Gasteiger partial charge in [-0.05, 0) is 84.9 Å². The van der Waals surface area contributed by atoms with E-state index in [0.717, 1.165) is 5.57 Å². The van der Waals surface area contributed by atoms with E-state index in [9.17, 15) is 61.0 Å². The van der Waals surface area contributed by atoms with E-state index in [2.05, 4.69) is 26.8 Å². The molecule has 2 aliphatic heterocycles. The van der Waals surface area contributed by atoms with Crippen LogP contribution < -0.4 is 0 Å². The fourth-order valence-corrected chi connectivity index (χ4v) is 13.6. The summed E-state index contributed by atoms with van der Waals surface area (Å²) in [6, 6.07) is 0. The Kier molecular flexibility index (Phi) is 11.7. The van der Waals surface area contributed by atoms with Gasteiger partial charge in [0.05, 0.1) is 43.5 Å². The molecule has 5 aliphatic carbocycles. The molecule has 0 aromatic rings. The molecule has 4 saturated carbocycles. The second-order valence-electron chi connectivity index (χ2n) is 20.7. The SMILES string of the molecule is CC1(C)CCC2(C(=O)OC3OC(CO)C(O)C(O)C3O)CCC3(C)C(=CCC4C5(C)CC(O)C(O)C(C)(COC6OC(CO)C(O)C(O)C6O)C5CCC43C)C2C1O. The Hall–Kier alpha value is -1.35. The molecule has 0 spiro atoms. The number of esters is 1. The molecule has 0 bridgehead atoms. The van der Waals surface area contributed by atoms with E-state index in [0.29, 0.717) is 51.4 Å². The predicted molar refractivity (Wildman–Crippen MR) is 202 cm³/mol. The summed E-state index contributed by atoms with van der Waals surface area (Å²) in [6.07, 6.45) is -12.5. The van der Waals surface area contributed by atoms with Crippen molar-refractivity contribution >= 4 is 5.97 Å². The highest BCUT2D eigenvalue weighted by atomic mass is 16.7. The second-order valence-corrected chi connectivity index (χ2v) is 20.7. The van der Waals surface area contributed by atoms with Crippen LogP contribution in [0.15, 0.2) is 11.6 Å². The van der Waals surface area contributed by atoms with E-state index < -0.39 is 137 Å². The van der Waals surface area contributed by atoms with Crippen molar-refractivity contribution in [3.8, 4) is 0 Å². The van der Waals surface area contributed by atoms with Crippen molar-refractivity contribution < 1.29 is 79.9 Å². The Morgan fingerprint density at radius 1 is 0.707 bits per heavy atom. The van der Waals surface area contributed by atoms with Crippen LogP contribution in [0.25, 0.3) is 0 Å². The lowest BCUT2D eigenvalue weighted by Gasteiger charge is -2.72. The molecule has 11 N–H and O–H groups in total. The van der Waals surface area contributed by atoms with Gasteiger partial charge >= 0.3 is 5.97 Å². The Bertz CT molecular complexity index is 1570. The van der Waals surface area contributed by atoms with Gasteiger partial charge in [-0.25, -0.2) is 0 Å². The number of rotatable bonds is 7. The molecule has 7 aliphatic rings. The number of fused-ring (bicyclic) bond motifs is 7. The van der Waals surface area contributed by atoms with Gasteiger partial charge in [0.15, 0.2) is 6.29 Å². The van der Waals surface area contributed by atoms with Gasteiger partial charge in [0.1, 0.15) is 48.8 Å². The average molecular weight is 829 g/mol. The molecule has 58 heavy (non-hydrogen) atoms. The lowest BCUT2D eigenvalue weighted by atomic mass is 9.33. The van der Waals surface area contributed by atoms with E-state index in [-0.39, 0.29) is 18.4 Å². The van der Waals surface area contributed by atoms with Crippen LogP contribution in [-0.2, 0) is 23.7 Å². The number of aliphatic hydroxyl groups is 11. The first-order chi connectivity index (χ1) is 27.0. The normalized spacial score (nSPS) is 55.2. The zero-order chi connectivity index (χ0) is 42.7. The fraction of sp³-hybridized carbons (Fsp3) is 0.929. The van der Waals surface area contributed by atoms with Crippen molar-refractivity contribution in [3.63, 3.8) is 0 Å². The summed E-state index contributed by atoms with van der Waals surface area (Å²) in [4.78, 5) is 14.6. The van der Waals surface area contributed by atoms with Crippen LogP contribution in [0.4, 0.5) is 0 Å². The van der Waals surface area contributed by atoms with Crippen molar-refractivity contribution in [3.05, 3.63) is 11.6 Å². The van der Waals surface area contributed by atoms with Gasteiger partial charge in [-0.15, -0.1) is 0 Å². The van der Waals surface area contributed by atoms with Crippen LogP contribution in [0.3, 0.4) is 0 Å². The van der Waals surface area contributed by atoms with Crippen molar-refractivity contribution in [2.24, 2.45) is 50.2 Å². The first-order valence-electron chi connectivity index (χ1n) is 21.2. The number of carbonyl (C=O) groups is 1. The molecule has 0 radical (unpaired) electrons. The van der Waals surface area contributed by atoms with Crippen molar-refractivity contribution in [2.45, 2.75) is 173 Å². The van der Waals surface area contributed by atoms with Gasteiger partial charge in [-0.1, -0.05) is 53.2 Å². The zero-order valence-corrected chi connectivity index (χ0v) is 34.6. The average Bonchev–Trinajstić information content (AvgIpc) is 3.17. The number of allylic oxidation sites excluding steroid dienone is 1. The van der Waals surface area contributed by atoms with Crippen LogP contribution in [0.1, 0.15) is 92.9 Å². The van der Waals surface area contributed by atoms with E-state index in [1.54, 1.807) is 0 Å². The summed E-state index contributed by atoms with van der Waals surface area (Å²) in [5, 5.41) is 118. The molecule has 0 aromatic heterocycles. The van der Waals surface area contributed by atoms with Crippen LogP contribution >= 0.6 is 0 Å². The summed E-state index contributed by atoms with van der Waals surface area (Å²) in [5.74, 6) is -1.55. The molecule has 16 nitrogen and oxygen atoms in total. The highest BCUT2D eigenvalue weighted by Gasteiger charge is 2.72. The van der Waals surface area contributed by atoms with Gasteiger partial charge in [0, 0.05) is 11.3 Å². The minimum Gasteiger partial charge on any atom is -0.432 e. The predicted octanol–water partition coefficient (Wildman–Crippen LogP) is -0.770. The minimum atomic E-state index is -1.77. The Morgan fingerprint density at radius 2 is 1.28 bits per heavy atom. The molecule has 332 valence electrons. The van der Waals surface area contributed by atoms with Gasteiger partial charge in [0.25, 0.3) is 0 Å². The van der Waals surface area contributed by atoms with E-state index in [1.807, 2.05) is 20.8 Å². The topological polar surface area (TPSA) is 277 Å². The van der Waals surface area contributed by atoms with E-state index >= 15 is 0 Å². The third kappa shape index (κ3) is 6.33. The first kappa shape index (κ1) is 44.7. The van der Waals surface area contributed by atoms with Gasteiger partial charge in [0.2, 0.25) is 6.29 Å². The maximum Gasteiger partial charge on any atom is 0.315 e. The van der Waals surface area contributed by atoms with Crippen LogP contribution in [0.5, 0.6) is 0 Å². The largest absolute Gasteiger partial charge is 0.432 e. The number of aliphatic hydroxyl groups excluding tert-OH is 11. The quantitative estimate of drug-likeness (QED) is 0.111. The first-order valence-corrected chi connectivity index (χ1v) is 21.2. The third-order valence-corrected chi connectivity index (χ3v) is 17.5. The Labute approximate surface area is 339 Å². The molecular formula is C42H68O16. The fourth-order valence-electron chi connectivity index (χ4n) is 13.6. The maximum atomic E-state index is 14.6. The summed E-state index contributed by atoms with van der Waals surface area (Å²) in [6.45, 7) is 11.0. The summed E-state index contributed by atoms with van der Waals surface area (Å²) < 4.78 is 23.2. The molecule has 2 saturated heterocycles. The van der Waals surface area contributed by atoms with Crippen LogP contribution in [0.2, 0.25) is 0 Å². The number of hydrogen-bond acceptors (Lipinski definition) is 16. The summed E-state index contributed by atoms with van der Waals surface area (Å²) >= 11 is 0. The molecule has 0 aromatic carbocycles. The number of carbonyl (C=O) groups excluding carboxylic acids is 1. The van der Waals surface area contributed by atoms with Gasteiger partial charge in [-0.2, -0.15) is 0 Å². The van der Waals surface area contributed by atoms with Gasteiger partial charge in [-0.3, -0.25) is 4.79 Å². The second kappa shape index (κ2) is 15.2. The smallest absolute Gasteiger partial charge is 0.315 e. The molecule has 16 heteroatoms. The molecular weight excluding hydrogens is 760 g/mol. The van der Waals surface area contributed by atoms with Crippen molar-refractivity contribution in [1.82, 2.24) is 0 Å². The third-order valence-electron chi connectivity index (χ3n) is 17.5. The molecule has 2 heterocycles. The standard InChI is InChI=1S/C42H68O16/c1-37(2)11-13-42(36(54)58-35-31(51)29(49)27(47)22(17-44)57-35)14-12-40(5)19(25(42)33(37)53)7-8-24-38(3)15-20(45)32(52)39(4,23(38)9-10-41(24,40)6)18-55-34-30(50)28(48)26(46)21(16-43)56-34/h7,20-35,43-53H,8-18H2,1-6H3. The molecule has 6 fully saturated rings. The lowest BCUT2D eigenvalue weighted by molar-refractivity contribution is -0.319. The van der Waals surface area contributed by atoms with Crippen molar-refractivity contribution in [1.29, 1.82) is 0 Å². The van der Waals surface area contributed by atoms with Crippen LogP contribution in [-0.4, -0.2) is 162 Å². The Morgan fingerprint density at radius 3 is 1.88 bits per heavy atom. The molecule has 7 rings (SSSR count). The summed E-state index contributed by atoms with van der Waals surface area (Å²) in [7, 11) is 0. The monoisotopic (exact) mass is 828 g/mol. The zero-order valence-electron chi connectivity index (χ0n) is 34.6. The highest BCUT2D eigenvalue weighted by Crippen LogP contribution is 2.76. The summed E-state index contributed by atoms with van der Waals surface area (Å²) in [5.41, 5.74) is -3.32. The molecule has 21 atom stereocenters. The lowest BCUT2D eigenvalue weighted by Crippen LogP contribution is -2.69. The van der Waals surface area contributed by atoms with Crippen LogP contribution in [0, 0.1) is 50.2 Å². The Balaban J connectivity index is 1.20. The minimum absolute atomic E-state index is 0.0245. The molecule has 21 unspecified atom stereocenters.